The van der Waals surface area contributed by atoms with Crippen LogP contribution in [0.25, 0.3) is 16.4 Å². The maximum absolute atomic E-state index is 12.3. The molecule has 9 heteroatoms. The van der Waals surface area contributed by atoms with E-state index in [1.807, 2.05) is 0 Å². The first kappa shape index (κ1) is 16.2. The van der Waals surface area contributed by atoms with Gasteiger partial charge in [0.15, 0.2) is 5.69 Å². The summed E-state index contributed by atoms with van der Waals surface area (Å²) in [6.07, 6.45) is 0. The van der Waals surface area contributed by atoms with Crippen molar-refractivity contribution in [1.29, 1.82) is 5.26 Å². The van der Waals surface area contributed by atoms with Gasteiger partial charge in [-0.05, 0) is 13.8 Å². The maximum atomic E-state index is 12.3. The van der Waals surface area contributed by atoms with Gasteiger partial charge in [-0.25, -0.2) is 9.78 Å². The average Bonchev–Trinajstić information content (AvgIpc) is 2.94. The molecule has 3 aromatic rings. The number of aryl methyl sites for hydroxylation is 1. The summed E-state index contributed by atoms with van der Waals surface area (Å²) in [6, 6.07) is 9.07. The molecule has 1 aromatic carbocycles. The van der Waals surface area contributed by atoms with Crippen molar-refractivity contribution in [1.82, 2.24) is 9.38 Å². The summed E-state index contributed by atoms with van der Waals surface area (Å²) >= 11 is 0. The Morgan fingerprint density at radius 3 is 2.68 bits per heavy atom. The van der Waals surface area contributed by atoms with E-state index >= 15 is 0 Å². The number of esters is 1. The number of rotatable bonds is 4. The SMILES string of the molecule is CCOC(=O)c1c(O[N+](=O)[O-])nc2c3ccccc3c(C#N)c(C)n12. The van der Waals surface area contributed by atoms with Crippen LogP contribution < -0.4 is 4.84 Å². The normalized spacial score (nSPS) is 10.6. The molecule has 0 aliphatic heterocycles. The minimum absolute atomic E-state index is 0.0711. The monoisotopic (exact) mass is 340 g/mol. The van der Waals surface area contributed by atoms with E-state index in [-0.39, 0.29) is 17.9 Å². The zero-order valence-corrected chi connectivity index (χ0v) is 13.3. The van der Waals surface area contributed by atoms with Crippen molar-refractivity contribution in [2.24, 2.45) is 0 Å². The van der Waals surface area contributed by atoms with Gasteiger partial charge in [0.05, 0.1) is 12.2 Å². The lowest BCUT2D eigenvalue weighted by atomic mass is 10.1. The van der Waals surface area contributed by atoms with E-state index in [0.29, 0.717) is 22.0 Å². The van der Waals surface area contributed by atoms with E-state index in [2.05, 4.69) is 15.9 Å². The number of benzene rings is 1. The lowest BCUT2D eigenvalue weighted by Crippen LogP contribution is -2.14. The number of carbonyl (C=O) groups excluding carboxylic acids is 1. The fourth-order valence-corrected chi connectivity index (χ4v) is 2.76. The first-order valence-electron chi connectivity index (χ1n) is 7.32. The Balaban J connectivity index is 2.50. The third kappa shape index (κ3) is 2.49. The van der Waals surface area contributed by atoms with Gasteiger partial charge >= 0.3 is 11.1 Å². The summed E-state index contributed by atoms with van der Waals surface area (Å²) in [7, 11) is 0. The molecule has 0 unspecified atom stereocenters. The maximum Gasteiger partial charge on any atom is 0.359 e. The van der Waals surface area contributed by atoms with Crippen LogP contribution in [-0.2, 0) is 4.74 Å². The zero-order chi connectivity index (χ0) is 18.1. The standard InChI is InChI=1S/C16H12N4O5/c1-3-24-16(21)13-15(25-20(22)23)18-14-11-7-5-4-6-10(11)12(8-17)9(2)19(13)14/h4-7H,3H2,1-2H3. The molecule has 0 amide bonds. The van der Waals surface area contributed by atoms with Crippen LogP contribution >= 0.6 is 0 Å². The molecule has 25 heavy (non-hydrogen) atoms. The third-order valence-corrected chi connectivity index (χ3v) is 3.72. The second kappa shape index (κ2) is 6.09. The van der Waals surface area contributed by atoms with Crippen LogP contribution in [0.3, 0.4) is 0 Å². The fraction of sp³-hybridized carbons (Fsp3) is 0.188. The smallest absolute Gasteiger partial charge is 0.359 e. The van der Waals surface area contributed by atoms with Gasteiger partial charge in [-0.1, -0.05) is 24.3 Å². The van der Waals surface area contributed by atoms with E-state index in [1.165, 1.54) is 4.40 Å². The number of carbonyl (C=O) groups is 1. The van der Waals surface area contributed by atoms with Crippen LogP contribution in [0.1, 0.15) is 28.7 Å². The van der Waals surface area contributed by atoms with E-state index in [9.17, 15) is 20.2 Å². The van der Waals surface area contributed by atoms with Gasteiger partial charge in [0.2, 0.25) is 5.88 Å². The molecule has 0 spiro atoms. The first-order valence-corrected chi connectivity index (χ1v) is 7.32. The molecule has 0 saturated carbocycles. The summed E-state index contributed by atoms with van der Waals surface area (Å²) in [5, 5.41) is 20.4. The highest BCUT2D eigenvalue weighted by atomic mass is 17.0. The highest BCUT2D eigenvalue weighted by Gasteiger charge is 2.27. The first-order chi connectivity index (χ1) is 12.0. The van der Waals surface area contributed by atoms with Crippen molar-refractivity contribution in [2.45, 2.75) is 13.8 Å². The van der Waals surface area contributed by atoms with Gasteiger partial charge < -0.3 is 4.74 Å². The van der Waals surface area contributed by atoms with Crippen molar-refractivity contribution in [3.63, 3.8) is 0 Å². The predicted molar refractivity (Wildman–Crippen MR) is 85.7 cm³/mol. The van der Waals surface area contributed by atoms with E-state index < -0.39 is 16.9 Å². The van der Waals surface area contributed by atoms with Gasteiger partial charge in [-0.2, -0.15) is 5.26 Å². The molecule has 3 rings (SSSR count). The van der Waals surface area contributed by atoms with Crippen LogP contribution in [0.15, 0.2) is 24.3 Å². The van der Waals surface area contributed by atoms with Crippen LogP contribution in [-0.4, -0.2) is 27.0 Å². The Hall–Kier alpha value is -3.67. The Kier molecular flexibility index (Phi) is 3.94. The molecular formula is C16H12N4O5. The summed E-state index contributed by atoms with van der Waals surface area (Å²) in [4.78, 5) is 31.7. The van der Waals surface area contributed by atoms with Gasteiger partial charge in [-0.3, -0.25) is 9.24 Å². The highest BCUT2D eigenvalue weighted by molar-refractivity contribution is 6.01. The summed E-state index contributed by atoms with van der Waals surface area (Å²) in [6.45, 7) is 3.30. The summed E-state index contributed by atoms with van der Waals surface area (Å²) in [5.74, 6) is -1.30. The molecule has 0 fully saturated rings. The van der Waals surface area contributed by atoms with E-state index in [4.69, 9.17) is 4.74 Å². The number of hydrogen-bond donors (Lipinski definition) is 0. The molecular weight excluding hydrogens is 328 g/mol. The van der Waals surface area contributed by atoms with Crippen molar-refractivity contribution in [3.8, 4) is 11.9 Å². The molecule has 2 heterocycles. The molecule has 0 aliphatic carbocycles. The summed E-state index contributed by atoms with van der Waals surface area (Å²) in [5.41, 5.74) is 0.781. The number of nitriles is 1. The summed E-state index contributed by atoms with van der Waals surface area (Å²) < 4.78 is 6.33. The quantitative estimate of drug-likeness (QED) is 0.406. The van der Waals surface area contributed by atoms with Crippen molar-refractivity contribution >= 4 is 22.4 Å². The van der Waals surface area contributed by atoms with Gasteiger partial charge in [0.1, 0.15) is 11.7 Å². The third-order valence-electron chi connectivity index (χ3n) is 3.72. The number of imidazole rings is 1. The average molecular weight is 340 g/mol. The number of pyridine rings is 1. The Labute approximate surface area is 141 Å². The van der Waals surface area contributed by atoms with Crippen LogP contribution in [0.2, 0.25) is 0 Å². The number of hydrogen-bond acceptors (Lipinski definition) is 7. The minimum atomic E-state index is -1.05. The topological polar surface area (TPSA) is 120 Å². The lowest BCUT2D eigenvalue weighted by molar-refractivity contribution is -0.712. The highest BCUT2D eigenvalue weighted by Crippen LogP contribution is 2.31. The molecule has 0 radical (unpaired) electrons. The molecule has 0 atom stereocenters. The molecule has 0 N–H and O–H groups in total. The minimum Gasteiger partial charge on any atom is -0.461 e. The predicted octanol–water partition coefficient (Wildman–Crippen LogP) is 2.41. The molecule has 2 aromatic heterocycles. The largest absolute Gasteiger partial charge is 0.461 e. The number of nitrogens with zero attached hydrogens (tertiary/aromatic N) is 4. The van der Waals surface area contributed by atoms with Crippen molar-refractivity contribution in [2.75, 3.05) is 6.61 Å². The Bertz CT molecular complexity index is 1060. The molecule has 9 nitrogen and oxygen atoms in total. The Morgan fingerprint density at radius 2 is 2.08 bits per heavy atom. The molecule has 0 saturated heterocycles. The van der Waals surface area contributed by atoms with Crippen molar-refractivity contribution in [3.05, 3.63) is 51.3 Å². The number of aromatic nitrogens is 2. The number of ether oxygens (including phenoxy) is 1. The zero-order valence-electron chi connectivity index (χ0n) is 13.3. The second-order valence-corrected chi connectivity index (χ2v) is 5.08. The molecule has 126 valence electrons. The van der Waals surface area contributed by atoms with Gasteiger partial charge in [0, 0.05) is 16.5 Å². The van der Waals surface area contributed by atoms with Crippen LogP contribution in [0, 0.1) is 28.4 Å². The lowest BCUT2D eigenvalue weighted by Gasteiger charge is -2.10. The van der Waals surface area contributed by atoms with E-state index in [1.54, 1.807) is 38.1 Å². The van der Waals surface area contributed by atoms with Crippen molar-refractivity contribution < 1.29 is 19.5 Å². The fourth-order valence-electron chi connectivity index (χ4n) is 2.76. The molecule has 0 aliphatic rings. The van der Waals surface area contributed by atoms with E-state index in [0.717, 1.165) is 0 Å². The Morgan fingerprint density at radius 1 is 1.40 bits per heavy atom. The van der Waals surface area contributed by atoms with Gasteiger partial charge in [-0.15, -0.1) is 10.1 Å². The second-order valence-electron chi connectivity index (χ2n) is 5.08. The van der Waals surface area contributed by atoms with Crippen LogP contribution in [0.5, 0.6) is 5.88 Å². The number of fused-ring (bicyclic) bond motifs is 3. The molecule has 0 bridgehead atoms. The van der Waals surface area contributed by atoms with Gasteiger partial charge in [0.25, 0.3) is 0 Å². The van der Waals surface area contributed by atoms with Crippen LogP contribution in [0.4, 0.5) is 0 Å².